The number of halogens is 5. The van der Waals surface area contributed by atoms with Crippen molar-refractivity contribution >= 4 is 41.3 Å². The van der Waals surface area contributed by atoms with E-state index < -0.39 is 17.6 Å². The maximum Gasteiger partial charge on any atom is 0.416 e. The van der Waals surface area contributed by atoms with E-state index in [4.69, 9.17) is 0 Å². The summed E-state index contributed by atoms with van der Waals surface area (Å²) in [6.07, 6.45) is -3.94. The Hall–Kier alpha value is -1.43. The minimum atomic E-state index is -4.61. The number of hydrogen-bond donors (Lipinski definition) is 2. The van der Waals surface area contributed by atoms with Crippen molar-refractivity contribution in [2.45, 2.75) is 26.1 Å². The highest BCUT2D eigenvalue weighted by Gasteiger charge is 2.33. The van der Waals surface area contributed by atoms with Crippen LogP contribution in [0.5, 0.6) is 0 Å². The Kier molecular flexibility index (Phi) is 8.74. The van der Waals surface area contributed by atoms with Crippen LogP contribution in [-0.4, -0.2) is 24.5 Å². The van der Waals surface area contributed by atoms with Gasteiger partial charge in [0.25, 0.3) is 0 Å². The van der Waals surface area contributed by atoms with E-state index in [0.29, 0.717) is 25.0 Å². The normalized spacial score (nSPS) is 11.8. The van der Waals surface area contributed by atoms with Gasteiger partial charge >= 0.3 is 6.18 Å². The molecule has 10 heteroatoms. The van der Waals surface area contributed by atoms with Crippen molar-refractivity contribution < 1.29 is 17.6 Å². The van der Waals surface area contributed by atoms with E-state index in [-0.39, 0.29) is 36.1 Å². The first-order valence-electron chi connectivity index (χ1n) is 7.50. The third-order valence-corrected chi connectivity index (χ3v) is 4.21. The number of nitrogens with one attached hydrogen (secondary N) is 2. The molecule has 26 heavy (non-hydrogen) atoms. The zero-order chi connectivity index (χ0) is 18.4. The molecule has 2 aromatic rings. The molecule has 1 aromatic heterocycles. The lowest BCUT2D eigenvalue weighted by molar-refractivity contribution is -0.138. The molecule has 0 aliphatic carbocycles. The van der Waals surface area contributed by atoms with Crippen LogP contribution >= 0.6 is 35.3 Å². The van der Waals surface area contributed by atoms with Crippen molar-refractivity contribution in [2.75, 3.05) is 13.6 Å². The van der Waals surface area contributed by atoms with E-state index in [9.17, 15) is 17.6 Å². The molecular weight excluding hydrogens is 483 g/mol. The van der Waals surface area contributed by atoms with Crippen LogP contribution in [0.15, 0.2) is 28.6 Å². The number of benzene rings is 1. The van der Waals surface area contributed by atoms with Crippen molar-refractivity contribution in [3.63, 3.8) is 0 Å². The lowest BCUT2D eigenvalue weighted by atomic mass is 10.1. The van der Waals surface area contributed by atoms with Crippen molar-refractivity contribution in [2.24, 2.45) is 4.99 Å². The average Bonchev–Trinajstić information content (AvgIpc) is 2.96. The molecule has 1 heterocycles. The topological polar surface area (TPSA) is 49.3 Å². The maximum atomic E-state index is 13.1. The monoisotopic (exact) mass is 502 g/mol. The lowest BCUT2D eigenvalue weighted by Gasteiger charge is -2.15. The van der Waals surface area contributed by atoms with E-state index in [1.807, 2.05) is 12.3 Å². The summed E-state index contributed by atoms with van der Waals surface area (Å²) < 4.78 is 52.1. The summed E-state index contributed by atoms with van der Waals surface area (Å²) >= 11 is 1.56. The van der Waals surface area contributed by atoms with E-state index in [1.54, 1.807) is 11.3 Å². The van der Waals surface area contributed by atoms with E-state index >= 15 is 0 Å². The summed E-state index contributed by atoms with van der Waals surface area (Å²) in [5.41, 5.74) is -0.0938. The Bertz CT molecular complexity index is 746. The molecule has 0 saturated carbocycles. The largest absolute Gasteiger partial charge is 0.416 e. The smallest absolute Gasteiger partial charge is 0.356 e. The molecule has 0 saturated heterocycles. The van der Waals surface area contributed by atoms with Gasteiger partial charge in [-0.25, -0.2) is 9.37 Å². The number of rotatable bonds is 5. The highest BCUT2D eigenvalue weighted by molar-refractivity contribution is 14.0. The second kappa shape index (κ2) is 10.0. The molecule has 1 aromatic carbocycles. The van der Waals surface area contributed by atoms with Crippen LogP contribution in [0.25, 0.3) is 0 Å². The summed E-state index contributed by atoms with van der Waals surface area (Å²) in [4.78, 5) is 8.30. The molecule has 4 nitrogen and oxygen atoms in total. The molecule has 0 spiro atoms. The number of aliphatic imine (C=N–C) groups is 1. The highest BCUT2D eigenvalue weighted by atomic mass is 127. The zero-order valence-electron chi connectivity index (χ0n) is 14.2. The minimum Gasteiger partial charge on any atom is -0.356 e. The van der Waals surface area contributed by atoms with Gasteiger partial charge in [0.2, 0.25) is 0 Å². The van der Waals surface area contributed by atoms with E-state index in [2.05, 4.69) is 20.6 Å². The molecule has 0 aliphatic rings. The summed E-state index contributed by atoms with van der Waals surface area (Å²) in [6, 6.07) is 2.63. The molecule has 2 N–H and O–H groups in total. The zero-order valence-corrected chi connectivity index (χ0v) is 17.3. The van der Waals surface area contributed by atoms with Crippen molar-refractivity contribution in [1.82, 2.24) is 15.6 Å². The fourth-order valence-corrected chi connectivity index (χ4v) is 2.85. The van der Waals surface area contributed by atoms with Crippen LogP contribution in [0.4, 0.5) is 17.6 Å². The van der Waals surface area contributed by atoms with Gasteiger partial charge in [0.1, 0.15) is 5.82 Å². The Morgan fingerprint density at radius 2 is 2.00 bits per heavy atom. The van der Waals surface area contributed by atoms with Gasteiger partial charge in [-0.3, -0.25) is 4.99 Å². The maximum absolute atomic E-state index is 13.1. The second-order valence-corrected chi connectivity index (χ2v) is 6.32. The van der Waals surface area contributed by atoms with Gasteiger partial charge < -0.3 is 10.6 Å². The first-order chi connectivity index (χ1) is 11.8. The predicted octanol–water partition coefficient (Wildman–Crippen LogP) is 4.14. The Balaban J connectivity index is 0.00000338. The van der Waals surface area contributed by atoms with Gasteiger partial charge in [-0.05, 0) is 24.6 Å². The lowest BCUT2D eigenvalue weighted by Crippen LogP contribution is -2.38. The van der Waals surface area contributed by atoms with Crippen LogP contribution in [-0.2, 0) is 19.1 Å². The van der Waals surface area contributed by atoms with E-state index in [1.165, 1.54) is 7.05 Å². The first kappa shape index (κ1) is 22.6. The van der Waals surface area contributed by atoms with Crippen LogP contribution in [0, 0.1) is 12.7 Å². The number of alkyl halides is 3. The van der Waals surface area contributed by atoms with Gasteiger partial charge in [-0.15, -0.1) is 35.3 Å². The van der Waals surface area contributed by atoms with Gasteiger partial charge in [0.05, 0.1) is 16.3 Å². The Morgan fingerprint density at radius 1 is 1.27 bits per heavy atom. The van der Waals surface area contributed by atoms with Crippen LogP contribution in [0.1, 0.15) is 21.8 Å². The fourth-order valence-electron chi connectivity index (χ4n) is 2.20. The fraction of sp³-hybridized carbons (Fsp3) is 0.375. The highest BCUT2D eigenvalue weighted by Crippen LogP contribution is 2.32. The summed E-state index contributed by atoms with van der Waals surface area (Å²) in [7, 11) is 1.53. The molecule has 0 atom stereocenters. The molecule has 0 radical (unpaired) electrons. The Labute approximate surface area is 170 Å². The number of aryl methyl sites for hydroxylation is 1. The molecule has 2 rings (SSSR count). The van der Waals surface area contributed by atoms with Gasteiger partial charge in [0, 0.05) is 31.9 Å². The van der Waals surface area contributed by atoms with E-state index in [0.717, 1.165) is 22.8 Å². The molecule has 144 valence electrons. The van der Waals surface area contributed by atoms with Crippen molar-refractivity contribution in [1.29, 1.82) is 0 Å². The quantitative estimate of drug-likeness (QED) is 0.280. The molecule has 0 amide bonds. The number of aromatic nitrogens is 1. The number of guanidine groups is 1. The first-order valence-corrected chi connectivity index (χ1v) is 8.38. The molecular formula is C16H19F4IN4S. The van der Waals surface area contributed by atoms with Crippen LogP contribution in [0.2, 0.25) is 0 Å². The third-order valence-electron chi connectivity index (χ3n) is 3.39. The standard InChI is InChI=1S/C16H18F4N4S.HI/c1-10-24-13(9-25-10)5-6-22-15(21-2)23-8-11-3-4-12(17)7-14(11)16(18,19)20;/h3-4,7,9H,5-6,8H2,1-2H3,(H2,21,22,23);1H. The molecule has 0 bridgehead atoms. The van der Waals surface area contributed by atoms with Gasteiger partial charge in [0.15, 0.2) is 5.96 Å². The third kappa shape index (κ3) is 6.71. The van der Waals surface area contributed by atoms with Crippen molar-refractivity contribution in [3.8, 4) is 0 Å². The molecule has 0 fully saturated rings. The number of thiazole rings is 1. The molecule has 0 aliphatic heterocycles. The number of nitrogens with zero attached hydrogens (tertiary/aromatic N) is 2. The van der Waals surface area contributed by atoms with Gasteiger partial charge in [-0.2, -0.15) is 13.2 Å². The minimum absolute atomic E-state index is 0. The number of hydrogen-bond acceptors (Lipinski definition) is 3. The van der Waals surface area contributed by atoms with Crippen LogP contribution < -0.4 is 10.6 Å². The summed E-state index contributed by atoms with van der Waals surface area (Å²) in [5, 5.41) is 8.76. The predicted molar refractivity (Wildman–Crippen MR) is 106 cm³/mol. The summed E-state index contributed by atoms with van der Waals surface area (Å²) in [5.74, 6) is -0.554. The molecule has 0 unspecified atom stereocenters. The second-order valence-electron chi connectivity index (χ2n) is 5.26. The van der Waals surface area contributed by atoms with Crippen LogP contribution in [0.3, 0.4) is 0 Å². The van der Waals surface area contributed by atoms with Crippen molar-refractivity contribution in [3.05, 3.63) is 51.2 Å². The SMILES string of the molecule is CN=C(NCCc1csc(C)n1)NCc1ccc(F)cc1C(F)(F)F.I. The Morgan fingerprint density at radius 3 is 2.58 bits per heavy atom. The summed E-state index contributed by atoms with van der Waals surface area (Å²) in [6.45, 7) is 2.34. The van der Waals surface area contributed by atoms with Gasteiger partial charge in [-0.1, -0.05) is 6.07 Å². The average molecular weight is 502 g/mol.